The molecule has 0 fully saturated rings. The molecule has 0 unspecified atom stereocenters. The molecule has 103 heavy (non-hydrogen) atoms. The highest BCUT2D eigenvalue weighted by molar-refractivity contribution is 6.14. The molecule has 0 aliphatic heterocycles. The Labute approximate surface area is 591 Å². The van der Waals surface area contributed by atoms with Crippen LogP contribution in [-0.4, -0.2) is 42.4 Å². The topological polar surface area (TPSA) is 71.5 Å². The molecule has 0 atom stereocenters. The Bertz CT molecular complexity index is 6230. The van der Waals surface area contributed by atoms with Gasteiger partial charge in [0.05, 0.1) is 66.2 Å². The molecule has 0 bridgehead atoms. The smallest absolute Gasteiger partial charge is 0.145 e. The zero-order chi connectivity index (χ0) is 67.6. The maximum Gasteiger partial charge on any atom is 0.145 e. The van der Waals surface area contributed by atoms with Gasteiger partial charge in [0.15, 0.2) is 0 Å². The molecule has 10 heteroatoms. The van der Waals surface area contributed by atoms with Crippen molar-refractivity contribution in [3.05, 3.63) is 364 Å². The van der Waals surface area contributed by atoms with Gasteiger partial charge in [0.2, 0.25) is 0 Å². The number of hydrogen-bond donors (Lipinski definition) is 0. The van der Waals surface area contributed by atoms with Crippen LogP contribution in [0.3, 0.4) is 0 Å². The second kappa shape index (κ2) is 23.3. The van der Waals surface area contributed by atoms with Crippen molar-refractivity contribution in [3.63, 3.8) is 0 Å². The van der Waals surface area contributed by atoms with Crippen molar-refractivity contribution in [2.75, 3.05) is 4.90 Å². The van der Waals surface area contributed by atoms with Gasteiger partial charge in [0, 0.05) is 100 Å². The number of hydrogen-bond acceptors (Lipinski definition) is 4. The van der Waals surface area contributed by atoms with E-state index in [0.29, 0.717) is 0 Å². The number of rotatable bonds is 12. The fourth-order valence-electron chi connectivity index (χ4n) is 16.0. The lowest BCUT2D eigenvalue weighted by Gasteiger charge is -2.26. The van der Waals surface area contributed by atoms with Crippen LogP contribution in [0.15, 0.2) is 364 Å². The molecule has 0 radical (unpaired) electrons. The first kappa shape index (κ1) is 57.9. The van der Waals surface area contributed by atoms with E-state index in [9.17, 15) is 0 Å². The molecule has 6 aromatic heterocycles. The van der Waals surface area contributed by atoms with Crippen LogP contribution in [0.1, 0.15) is 0 Å². The minimum atomic E-state index is 0.898. The summed E-state index contributed by atoms with van der Waals surface area (Å²) in [6.45, 7) is 0. The van der Waals surface area contributed by atoms with Crippen molar-refractivity contribution >= 4 is 116 Å². The molecular formula is C93H60N10. The summed E-state index contributed by atoms with van der Waals surface area (Å²) in [5.41, 5.74) is 25.4. The van der Waals surface area contributed by atoms with Crippen LogP contribution in [0.2, 0.25) is 0 Å². The van der Waals surface area contributed by atoms with Crippen molar-refractivity contribution in [2.24, 2.45) is 0 Å². The summed E-state index contributed by atoms with van der Waals surface area (Å²) in [7, 11) is 0. The highest BCUT2D eigenvalue weighted by atomic mass is 15.2. The fourth-order valence-corrected chi connectivity index (χ4v) is 16.0. The van der Waals surface area contributed by atoms with Gasteiger partial charge in [-0.15, -0.1) is 0 Å². The molecule has 0 aliphatic carbocycles. The molecule has 6 heterocycles. The highest BCUT2D eigenvalue weighted by Gasteiger charge is 2.25. The van der Waals surface area contributed by atoms with Crippen molar-refractivity contribution in [1.82, 2.24) is 42.4 Å². The van der Waals surface area contributed by atoms with Gasteiger partial charge in [-0.05, 0) is 218 Å². The van der Waals surface area contributed by atoms with Gasteiger partial charge in [0.25, 0.3) is 0 Å². The lowest BCUT2D eigenvalue weighted by molar-refractivity contribution is 1.10. The fraction of sp³-hybridized carbons (Fsp3) is 0. The quantitative estimate of drug-likeness (QED) is 0.122. The van der Waals surface area contributed by atoms with E-state index in [1.54, 1.807) is 0 Å². The van der Waals surface area contributed by atoms with E-state index < -0.39 is 0 Å². The molecule has 0 amide bonds. The molecule has 10 nitrogen and oxygen atoms in total. The summed E-state index contributed by atoms with van der Waals surface area (Å²) in [5.74, 6) is 2.70. The Morgan fingerprint density at radius 3 is 0.699 bits per heavy atom. The normalized spacial score (nSPS) is 11.9. The van der Waals surface area contributed by atoms with Crippen LogP contribution in [0.4, 0.5) is 17.1 Å². The summed E-state index contributed by atoms with van der Waals surface area (Å²) < 4.78 is 14.0. The van der Waals surface area contributed by atoms with Crippen LogP contribution in [0.25, 0.3) is 167 Å². The molecule has 0 N–H and O–H groups in total. The average Bonchev–Trinajstić information content (AvgIpc) is 1.61. The van der Waals surface area contributed by atoms with Gasteiger partial charge in [0.1, 0.15) is 17.5 Å². The van der Waals surface area contributed by atoms with Crippen molar-refractivity contribution in [2.45, 2.75) is 0 Å². The monoisotopic (exact) mass is 1320 g/mol. The second-order valence-corrected chi connectivity index (χ2v) is 26.4. The number of fused-ring (bicyclic) bond motifs is 12. The summed E-state index contributed by atoms with van der Waals surface area (Å²) in [6.07, 6.45) is 0. The molecule has 0 aliphatic rings. The van der Waals surface area contributed by atoms with Crippen LogP contribution < -0.4 is 4.90 Å². The molecule has 0 spiro atoms. The van der Waals surface area contributed by atoms with Gasteiger partial charge < -0.3 is 18.6 Å². The lowest BCUT2D eigenvalue weighted by Crippen LogP contribution is -2.10. The number of nitrogens with zero attached hydrogens (tertiary/aromatic N) is 10. The van der Waals surface area contributed by atoms with Gasteiger partial charge in [-0.2, -0.15) is 0 Å². The van der Waals surface area contributed by atoms with E-state index in [1.165, 1.54) is 0 Å². The van der Waals surface area contributed by atoms with Crippen LogP contribution in [0, 0.1) is 0 Å². The Kier molecular flexibility index (Phi) is 13.1. The third-order valence-corrected chi connectivity index (χ3v) is 20.6. The number of aromatic nitrogens is 9. The predicted octanol–water partition coefficient (Wildman–Crippen LogP) is 23.5. The average molecular weight is 1320 g/mol. The molecule has 0 saturated heterocycles. The van der Waals surface area contributed by atoms with Gasteiger partial charge in [-0.25, -0.2) is 15.0 Å². The van der Waals surface area contributed by atoms with Crippen molar-refractivity contribution in [3.8, 4) is 68.3 Å². The zero-order valence-electron chi connectivity index (χ0n) is 55.6. The van der Waals surface area contributed by atoms with Crippen molar-refractivity contribution < 1.29 is 0 Å². The van der Waals surface area contributed by atoms with Gasteiger partial charge >= 0.3 is 0 Å². The predicted molar refractivity (Wildman–Crippen MR) is 424 cm³/mol. The first-order valence-electron chi connectivity index (χ1n) is 34.9. The van der Waals surface area contributed by atoms with Gasteiger partial charge in [-0.1, -0.05) is 146 Å². The Morgan fingerprint density at radius 2 is 0.408 bits per heavy atom. The minimum absolute atomic E-state index is 0.898. The number of benzene rings is 15. The van der Waals surface area contributed by atoms with E-state index >= 15 is 0 Å². The standard InChI is InChI=1S/C93H60N10/c1-4-22-64(23-5-1)101-88-37-19-13-31-79(88)94-91(101)61-40-46-67(47-41-61)98-82-34-16-10-28-73(82)76-58-70(52-55-85(76)98)97(71-53-56-86-77(59-71)74-29-11-17-35-83(74)99(86)68-48-42-62(43-49-68)92-95-80-32-14-20-38-89(80)102(92)65-24-6-2-7-25-65)72-54-57-87-78(60-72)75-30-12-18-36-84(75)100(87)69-50-44-63(45-51-69)93-96-81-33-15-21-39-90(81)103(93)66-26-8-3-9-27-66/h1-60H. The van der Waals surface area contributed by atoms with E-state index in [1.807, 2.05) is 0 Å². The molecule has 15 aromatic carbocycles. The number of imidazole rings is 3. The summed E-state index contributed by atoms with van der Waals surface area (Å²) in [5, 5.41) is 6.94. The Morgan fingerprint density at radius 1 is 0.175 bits per heavy atom. The largest absolute Gasteiger partial charge is 0.310 e. The maximum atomic E-state index is 5.22. The summed E-state index contributed by atoms with van der Waals surface area (Å²) in [6, 6.07) is 131. The SMILES string of the molecule is c1ccc(-n2c(-c3ccc(-n4c5ccccc5c5cc(N(c6ccc7c(c6)c6ccccc6n7-c6ccc(-c7nc8ccccc8n7-c7ccccc7)cc6)c6ccc7c(c6)c6ccccc6n7-c6ccc(-c7nc8ccccc8n7-c7ccccc7)cc6)ccc54)cc3)nc3ccccc32)cc1. The Balaban J connectivity index is 0.715. The number of anilines is 3. The Hall–Kier alpha value is -14.1. The summed E-state index contributed by atoms with van der Waals surface area (Å²) >= 11 is 0. The zero-order valence-corrected chi connectivity index (χ0v) is 55.6. The highest BCUT2D eigenvalue weighted by Crippen LogP contribution is 2.46. The van der Waals surface area contributed by atoms with Crippen molar-refractivity contribution in [1.29, 1.82) is 0 Å². The first-order valence-corrected chi connectivity index (χ1v) is 34.9. The molecule has 21 rings (SSSR count). The van der Waals surface area contributed by atoms with Gasteiger partial charge in [-0.3, -0.25) is 13.7 Å². The van der Waals surface area contributed by atoms with Crippen LogP contribution >= 0.6 is 0 Å². The van der Waals surface area contributed by atoms with Crippen LogP contribution in [-0.2, 0) is 0 Å². The van der Waals surface area contributed by atoms with E-state index in [0.717, 1.165) is 184 Å². The lowest BCUT2D eigenvalue weighted by atomic mass is 10.1. The molecule has 21 aromatic rings. The third-order valence-electron chi connectivity index (χ3n) is 20.6. The van der Waals surface area contributed by atoms with Crippen LogP contribution in [0.5, 0.6) is 0 Å². The van der Waals surface area contributed by atoms with E-state index in [-0.39, 0.29) is 0 Å². The molecular weight excluding hydrogens is 1260 g/mol. The minimum Gasteiger partial charge on any atom is -0.310 e. The second-order valence-electron chi connectivity index (χ2n) is 26.4. The molecule has 482 valence electrons. The summed E-state index contributed by atoms with van der Waals surface area (Å²) in [4.78, 5) is 18.1. The maximum absolute atomic E-state index is 5.22. The third kappa shape index (κ3) is 9.25. The van der Waals surface area contributed by atoms with E-state index in [2.05, 4.69) is 396 Å². The number of para-hydroxylation sites is 12. The van der Waals surface area contributed by atoms with E-state index in [4.69, 9.17) is 15.0 Å². The molecule has 0 saturated carbocycles. The first-order chi connectivity index (χ1) is 51.1.